The molecule has 4 aliphatic carbocycles. The van der Waals surface area contributed by atoms with Gasteiger partial charge in [0.1, 0.15) is 0 Å². The first-order valence-electron chi connectivity index (χ1n) is 9.70. The molecule has 0 radical (unpaired) electrons. The summed E-state index contributed by atoms with van der Waals surface area (Å²) in [5, 5.41) is 12.0. The molecule has 27 heavy (non-hydrogen) atoms. The Morgan fingerprint density at radius 3 is 2.26 bits per heavy atom. The van der Waals surface area contributed by atoms with Crippen molar-refractivity contribution < 1.29 is 14.3 Å². The van der Waals surface area contributed by atoms with Crippen molar-refractivity contribution in [3.63, 3.8) is 0 Å². The highest BCUT2D eigenvalue weighted by Crippen LogP contribution is 2.55. The second kappa shape index (κ2) is 7.19. The first kappa shape index (κ1) is 17.8. The van der Waals surface area contributed by atoms with E-state index in [9.17, 15) is 9.59 Å². The van der Waals surface area contributed by atoms with Gasteiger partial charge in [0.2, 0.25) is 0 Å². The summed E-state index contributed by atoms with van der Waals surface area (Å²) in [4.78, 5) is 24.2. The summed E-state index contributed by atoms with van der Waals surface area (Å²) in [6, 6.07) is 8.92. The van der Waals surface area contributed by atoms with Crippen LogP contribution in [0.1, 0.15) is 49.7 Å². The maximum Gasteiger partial charge on any atom is 0.331 e. The molecule has 5 nitrogen and oxygen atoms in total. The van der Waals surface area contributed by atoms with E-state index in [-0.39, 0.29) is 18.1 Å². The van der Waals surface area contributed by atoms with E-state index in [4.69, 9.17) is 10.00 Å². The van der Waals surface area contributed by atoms with E-state index in [0.717, 1.165) is 42.6 Å². The molecular weight excluding hydrogens is 340 g/mol. The van der Waals surface area contributed by atoms with Gasteiger partial charge in [0, 0.05) is 11.6 Å². The van der Waals surface area contributed by atoms with Crippen LogP contribution in [0.2, 0.25) is 0 Å². The van der Waals surface area contributed by atoms with Gasteiger partial charge in [0.25, 0.3) is 5.91 Å². The minimum atomic E-state index is -0.542. The molecule has 5 heteroatoms. The van der Waals surface area contributed by atoms with Crippen molar-refractivity contribution in [2.24, 2.45) is 17.8 Å². The molecule has 0 heterocycles. The summed E-state index contributed by atoms with van der Waals surface area (Å²) in [5.74, 6) is 1.54. The van der Waals surface area contributed by atoms with Crippen molar-refractivity contribution in [1.82, 2.24) is 5.32 Å². The molecule has 1 N–H and O–H groups in total. The summed E-state index contributed by atoms with van der Waals surface area (Å²) < 4.78 is 5.09. The van der Waals surface area contributed by atoms with E-state index in [0.29, 0.717) is 5.56 Å². The van der Waals surface area contributed by atoms with Crippen molar-refractivity contribution in [3.05, 3.63) is 41.5 Å². The standard InChI is InChI=1S/C22H24N2O3/c23-13-16-3-1-15(2-4-16)5-6-21(26)27-14-20(25)24-22-10-17-7-18(11-22)9-19(8-17)12-22/h1-6,17-19H,7-12,14H2,(H,24,25)/b6-5+. The summed E-state index contributed by atoms with van der Waals surface area (Å²) in [5.41, 5.74) is 1.30. The zero-order valence-electron chi connectivity index (χ0n) is 15.3. The lowest BCUT2D eigenvalue weighted by molar-refractivity contribution is -0.145. The molecule has 0 saturated heterocycles. The zero-order chi connectivity index (χ0) is 18.9. The number of nitriles is 1. The van der Waals surface area contributed by atoms with Gasteiger partial charge in [-0.3, -0.25) is 4.79 Å². The molecule has 0 aromatic heterocycles. The number of rotatable bonds is 5. The molecule has 5 rings (SSSR count). The van der Waals surface area contributed by atoms with E-state index in [1.807, 2.05) is 6.07 Å². The monoisotopic (exact) mass is 364 g/mol. The van der Waals surface area contributed by atoms with E-state index >= 15 is 0 Å². The maximum atomic E-state index is 12.3. The number of nitrogens with one attached hydrogen (secondary N) is 1. The largest absolute Gasteiger partial charge is 0.452 e. The van der Waals surface area contributed by atoms with Gasteiger partial charge in [-0.1, -0.05) is 12.1 Å². The molecular formula is C22H24N2O3. The molecule has 140 valence electrons. The average Bonchev–Trinajstić information content (AvgIpc) is 2.63. The molecule has 4 aliphatic rings. The quantitative estimate of drug-likeness (QED) is 0.643. The van der Waals surface area contributed by atoms with Crippen molar-refractivity contribution >= 4 is 18.0 Å². The first-order chi connectivity index (χ1) is 13.0. The van der Waals surface area contributed by atoms with Crippen molar-refractivity contribution in [3.8, 4) is 6.07 Å². The van der Waals surface area contributed by atoms with Gasteiger partial charge in [0.15, 0.2) is 6.61 Å². The van der Waals surface area contributed by atoms with Crippen LogP contribution >= 0.6 is 0 Å². The Labute approximate surface area is 159 Å². The highest BCUT2D eigenvalue weighted by molar-refractivity contribution is 5.89. The van der Waals surface area contributed by atoms with Crippen LogP contribution in [0.25, 0.3) is 6.08 Å². The lowest BCUT2D eigenvalue weighted by Crippen LogP contribution is -2.60. The predicted molar refractivity (Wildman–Crippen MR) is 100 cm³/mol. The number of ether oxygens (including phenoxy) is 1. The molecule has 4 fully saturated rings. The minimum Gasteiger partial charge on any atom is -0.452 e. The number of benzene rings is 1. The fourth-order valence-electron chi connectivity index (χ4n) is 5.61. The Morgan fingerprint density at radius 1 is 1.11 bits per heavy atom. The van der Waals surface area contributed by atoms with E-state index in [1.165, 1.54) is 25.3 Å². The summed E-state index contributed by atoms with van der Waals surface area (Å²) in [7, 11) is 0. The Morgan fingerprint density at radius 2 is 1.70 bits per heavy atom. The van der Waals surface area contributed by atoms with Crippen molar-refractivity contribution in [2.45, 2.75) is 44.1 Å². The van der Waals surface area contributed by atoms with Crippen LogP contribution in [-0.4, -0.2) is 24.0 Å². The highest BCUT2D eigenvalue weighted by atomic mass is 16.5. The number of carbonyl (C=O) groups is 2. The minimum absolute atomic E-state index is 0.0590. The van der Waals surface area contributed by atoms with Crippen molar-refractivity contribution in [2.75, 3.05) is 6.61 Å². The molecule has 1 amide bonds. The normalized spacial score (nSPS) is 30.9. The van der Waals surface area contributed by atoms with E-state index in [2.05, 4.69) is 5.32 Å². The molecule has 0 unspecified atom stereocenters. The number of esters is 1. The first-order valence-corrected chi connectivity index (χ1v) is 9.70. The van der Waals surface area contributed by atoms with Gasteiger partial charge < -0.3 is 10.1 Å². The fraction of sp³-hybridized carbons (Fsp3) is 0.500. The summed E-state index contributed by atoms with van der Waals surface area (Å²) in [6.45, 7) is -0.238. The average molecular weight is 364 g/mol. The number of nitrogens with zero attached hydrogens (tertiary/aromatic N) is 1. The van der Waals surface area contributed by atoms with Crippen LogP contribution in [0.3, 0.4) is 0 Å². The Bertz CT molecular complexity index is 769. The Balaban J connectivity index is 1.26. The number of carbonyl (C=O) groups excluding carboxylic acids is 2. The lowest BCUT2D eigenvalue weighted by atomic mass is 9.53. The van der Waals surface area contributed by atoms with Gasteiger partial charge in [-0.05, 0) is 80.1 Å². The van der Waals surface area contributed by atoms with Crippen LogP contribution in [0, 0.1) is 29.1 Å². The number of hydrogen-bond acceptors (Lipinski definition) is 4. The third kappa shape index (κ3) is 4.05. The molecule has 4 bridgehead atoms. The van der Waals surface area contributed by atoms with Gasteiger partial charge in [-0.2, -0.15) is 5.26 Å². The van der Waals surface area contributed by atoms with Gasteiger partial charge in [0.05, 0.1) is 11.6 Å². The van der Waals surface area contributed by atoms with Crippen LogP contribution in [-0.2, 0) is 14.3 Å². The molecule has 1 aromatic rings. The predicted octanol–water partition coefficient (Wildman–Crippen LogP) is 3.20. The molecule has 0 aliphatic heterocycles. The Kier molecular flexibility index (Phi) is 4.73. The summed E-state index contributed by atoms with van der Waals surface area (Å²) >= 11 is 0. The molecule has 1 aromatic carbocycles. The van der Waals surface area contributed by atoms with E-state index < -0.39 is 5.97 Å². The Hall–Kier alpha value is -2.61. The maximum absolute atomic E-state index is 12.3. The van der Waals surface area contributed by atoms with Crippen molar-refractivity contribution in [1.29, 1.82) is 5.26 Å². The zero-order valence-corrected chi connectivity index (χ0v) is 15.3. The molecule has 4 saturated carbocycles. The SMILES string of the molecule is N#Cc1ccc(/C=C/C(=O)OCC(=O)NC23CC4CC(CC(C4)C2)C3)cc1. The fourth-order valence-corrected chi connectivity index (χ4v) is 5.61. The van der Waals surface area contributed by atoms with Crippen LogP contribution in [0.5, 0.6) is 0 Å². The van der Waals surface area contributed by atoms with Gasteiger partial charge >= 0.3 is 5.97 Å². The van der Waals surface area contributed by atoms with Gasteiger partial charge in [-0.25, -0.2) is 4.79 Å². The van der Waals surface area contributed by atoms with Crippen LogP contribution in [0.15, 0.2) is 30.3 Å². The van der Waals surface area contributed by atoms with Crippen LogP contribution in [0.4, 0.5) is 0 Å². The number of hydrogen-bond donors (Lipinski definition) is 1. The highest BCUT2D eigenvalue weighted by Gasteiger charge is 2.51. The van der Waals surface area contributed by atoms with E-state index in [1.54, 1.807) is 30.3 Å². The smallest absolute Gasteiger partial charge is 0.331 e. The second-order valence-corrected chi connectivity index (χ2v) is 8.42. The summed E-state index contributed by atoms with van der Waals surface area (Å²) in [6.07, 6.45) is 10.1. The number of amides is 1. The lowest BCUT2D eigenvalue weighted by Gasteiger charge is -2.56. The van der Waals surface area contributed by atoms with Gasteiger partial charge in [-0.15, -0.1) is 0 Å². The topological polar surface area (TPSA) is 79.2 Å². The third-order valence-electron chi connectivity index (χ3n) is 6.24. The third-order valence-corrected chi connectivity index (χ3v) is 6.24. The van der Waals surface area contributed by atoms with Crippen LogP contribution < -0.4 is 5.32 Å². The molecule has 0 spiro atoms. The molecule has 0 atom stereocenters. The second-order valence-electron chi connectivity index (χ2n) is 8.42.